The van der Waals surface area contributed by atoms with Crippen molar-refractivity contribution >= 4 is 33.6 Å². The summed E-state index contributed by atoms with van der Waals surface area (Å²) >= 11 is 0. The average molecular weight is 1810 g/mol. The molecule has 0 aromatic carbocycles. The van der Waals surface area contributed by atoms with Crippen LogP contribution < -0.4 is 0 Å². The Balaban J connectivity index is 4.61. The van der Waals surface area contributed by atoms with Crippen LogP contribution in [0, 0.1) is 0 Å². The highest BCUT2D eigenvalue weighted by molar-refractivity contribution is 7.47. The summed E-state index contributed by atoms with van der Waals surface area (Å²) in [6.07, 6.45) is 134. The molecule has 0 spiro atoms. The van der Waals surface area contributed by atoms with Crippen LogP contribution >= 0.6 is 15.6 Å². The van der Waals surface area contributed by atoms with E-state index in [2.05, 4.69) is 227 Å². The van der Waals surface area contributed by atoms with Gasteiger partial charge >= 0.3 is 33.6 Å². The molecule has 5 unspecified atom stereocenters. The van der Waals surface area contributed by atoms with E-state index in [0.29, 0.717) is 19.3 Å². The van der Waals surface area contributed by atoms with Crippen LogP contribution in [0.15, 0.2) is 207 Å². The molecule has 0 bridgehead atoms. The Labute approximate surface area is 775 Å². The third-order valence-electron chi connectivity index (χ3n) is 21.0. The van der Waals surface area contributed by atoms with Crippen LogP contribution in [0.25, 0.3) is 0 Å². The highest BCUT2D eigenvalue weighted by Gasteiger charge is 2.30. The zero-order valence-electron chi connectivity index (χ0n) is 80.1. The molecule has 4 N–H and O–H groups in total. The van der Waals surface area contributed by atoms with Crippen LogP contribution in [-0.4, -0.2) is 95.9 Å². The topological polar surface area (TPSA) is 231 Å². The number of ether oxygens (including phenoxy) is 3. The van der Waals surface area contributed by atoms with Crippen molar-refractivity contribution in [1.82, 2.24) is 0 Å². The fourth-order valence-electron chi connectivity index (χ4n) is 13.5. The van der Waals surface area contributed by atoms with Gasteiger partial charge in [0.05, 0.1) is 26.4 Å². The smallest absolute Gasteiger partial charge is 0.463 e. The summed E-state index contributed by atoms with van der Waals surface area (Å²) in [7, 11) is -9.83. The number of hydrogen-bond acceptors (Lipinski definition) is 14. The van der Waals surface area contributed by atoms with Crippen molar-refractivity contribution in [3.8, 4) is 0 Å². The third kappa shape index (κ3) is 101. The van der Waals surface area contributed by atoms with Crippen molar-refractivity contribution in [3.63, 3.8) is 0 Å². The van der Waals surface area contributed by atoms with Gasteiger partial charge in [-0.1, -0.05) is 426 Å². The highest BCUT2D eigenvalue weighted by Crippen LogP contribution is 2.45. The molecule has 0 rings (SSSR count). The average Bonchev–Trinajstić information content (AvgIpc) is 0.898. The van der Waals surface area contributed by atoms with Gasteiger partial charge in [-0.15, -0.1) is 0 Å². The first-order valence-electron chi connectivity index (χ1n) is 50.4. The first kappa shape index (κ1) is 121. The Morgan fingerprint density at radius 2 is 0.394 bits per heavy atom. The largest absolute Gasteiger partial charge is 0.472 e. The summed E-state index contributed by atoms with van der Waals surface area (Å²) in [6.45, 7) is 2.38. The van der Waals surface area contributed by atoms with E-state index in [0.717, 1.165) is 205 Å². The maximum atomic E-state index is 13.1. The zero-order valence-corrected chi connectivity index (χ0v) is 81.9. The molecule has 0 aliphatic rings. The molecule has 0 aromatic heterocycles. The second-order valence-electron chi connectivity index (χ2n) is 33.1. The molecular formula is C109H182O16P2. The van der Waals surface area contributed by atoms with E-state index in [9.17, 15) is 43.5 Å². The Hall–Kier alpha value is -5.87. The van der Waals surface area contributed by atoms with Gasteiger partial charge in [0.1, 0.15) is 25.4 Å². The zero-order chi connectivity index (χ0) is 92.1. The molecule has 0 amide bonds. The first-order valence-corrected chi connectivity index (χ1v) is 53.4. The molecule has 0 aromatic rings. The lowest BCUT2D eigenvalue weighted by Gasteiger charge is -2.21. The maximum absolute atomic E-state index is 13.1. The molecule has 0 fully saturated rings. The van der Waals surface area contributed by atoms with Crippen LogP contribution in [0.5, 0.6) is 0 Å². The van der Waals surface area contributed by atoms with Crippen molar-refractivity contribution in [3.05, 3.63) is 207 Å². The molecule has 724 valence electrons. The molecule has 16 nitrogen and oxygen atoms in total. The molecule has 0 aliphatic carbocycles. The van der Waals surface area contributed by atoms with Crippen molar-refractivity contribution < 1.29 is 75.8 Å². The molecular weight excluding hydrogens is 1630 g/mol. The predicted molar refractivity (Wildman–Crippen MR) is 537 cm³/mol. The fraction of sp³-hybridized carbons (Fsp3) is 0.661. The van der Waals surface area contributed by atoms with E-state index in [1.807, 2.05) is 0 Å². The molecule has 0 saturated heterocycles. The summed E-state index contributed by atoms with van der Waals surface area (Å²) in [6, 6.07) is 0. The van der Waals surface area contributed by atoms with Gasteiger partial charge in [-0.3, -0.25) is 32.5 Å². The second kappa shape index (κ2) is 99.1. The van der Waals surface area contributed by atoms with Gasteiger partial charge in [-0.25, -0.2) is 9.13 Å². The standard InChI is InChI=1S/C109H182O16P2/c1-4-7-10-13-16-19-22-25-28-31-34-37-40-43-46-48-49-50-51-52-53-55-58-59-62-65-68-71-74-77-80-83-86-89-92-95-107(112)119-98-104(110)99-121-126(115,116)122-100-105(111)101-123-127(117,118)124-103-106(125-109(114)97-94-91-88-85-82-79-76-73-70-67-64-61-56-45-42-39-36-33-30-27-24-21-18-15-12-9-6-3)102-120-108(113)96-93-90-87-84-81-78-75-72-69-66-63-60-57-54-47-44-41-38-35-32-29-26-23-20-17-14-11-8-5-2/h7-12,16-21,25-30,34-39,43-47,49-50,56,64,67,104-106,110-111H,4-6,13-15,22-24,31-33,40-42,48,51-55,57-63,65-66,68-103H2,1-3H3,(H,115,116)(H,117,118)/b10-7-,11-8-,12-9-,19-16-,20-17-,21-18-,28-25-,29-26-,30-27-,37-34-,38-35-,39-36-,46-43-,47-44-,50-49-,56-45-,67-64-. The number of carbonyl (C=O) groups is 3. The van der Waals surface area contributed by atoms with E-state index >= 15 is 0 Å². The minimum atomic E-state index is -4.95. The Morgan fingerprint density at radius 3 is 0.622 bits per heavy atom. The summed E-state index contributed by atoms with van der Waals surface area (Å²) in [5, 5.41) is 20.8. The number of esters is 3. The molecule has 5 atom stereocenters. The van der Waals surface area contributed by atoms with Crippen LogP contribution in [0.3, 0.4) is 0 Å². The van der Waals surface area contributed by atoms with Crippen molar-refractivity contribution in [2.24, 2.45) is 0 Å². The monoisotopic (exact) mass is 1810 g/mol. The minimum Gasteiger partial charge on any atom is -0.463 e. The number of allylic oxidation sites excluding steroid dienone is 34. The number of rotatable bonds is 94. The van der Waals surface area contributed by atoms with Crippen molar-refractivity contribution in [2.45, 2.75) is 424 Å². The number of phosphoric ester groups is 2. The van der Waals surface area contributed by atoms with Gasteiger partial charge in [0.25, 0.3) is 0 Å². The number of unbranched alkanes of at least 4 members (excludes halogenated alkanes) is 37. The number of carbonyl (C=O) groups excluding carboxylic acids is 3. The molecule has 18 heteroatoms. The van der Waals surface area contributed by atoms with Gasteiger partial charge in [0.15, 0.2) is 6.10 Å². The van der Waals surface area contributed by atoms with Gasteiger partial charge in [0, 0.05) is 19.3 Å². The van der Waals surface area contributed by atoms with Gasteiger partial charge in [-0.05, 0) is 167 Å². The summed E-state index contributed by atoms with van der Waals surface area (Å²) < 4.78 is 61.7. The van der Waals surface area contributed by atoms with Crippen LogP contribution in [-0.2, 0) is 55.8 Å². The first-order chi connectivity index (χ1) is 62.2. The molecule has 127 heavy (non-hydrogen) atoms. The summed E-state index contributed by atoms with van der Waals surface area (Å²) in [5.74, 6) is -1.58. The number of phosphoric acid groups is 2. The predicted octanol–water partition coefficient (Wildman–Crippen LogP) is 31.9. The van der Waals surface area contributed by atoms with Gasteiger partial charge < -0.3 is 34.2 Å². The Morgan fingerprint density at radius 1 is 0.220 bits per heavy atom. The van der Waals surface area contributed by atoms with Gasteiger partial charge in [-0.2, -0.15) is 0 Å². The summed E-state index contributed by atoms with van der Waals surface area (Å²) in [5.41, 5.74) is 0. The normalized spacial score (nSPS) is 14.5. The lowest BCUT2D eigenvalue weighted by molar-refractivity contribution is -0.161. The molecule has 0 radical (unpaired) electrons. The number of hydrogen-bond donors (Lipinski definition) is 4. The quantitative estimate of drug-likeness (QED) is 0.0146. The van der Waals surface area contributed by atoms with E-state index in [1.165, 1.54) is 141 Å². The number of aliphatic hydroxyl groups is 2. The van der Waals surface area contributed by atoms with E-state index in [1.54, 1.807) is 0 Å². The van der Waals surface area contributed by atoms with Crippen molar-refractivity contribution in [2.75, 3.05) is 39.6 Å². The third-order valence-corrected chi connectivity index (χ3v) is 22.9. The Kier molecular flexibility index (Phi) is 94.6. The Bertz CT molecular complexity index is 3140. The fourth-order valence-corrected chi connectivity index (χ4v) is 15.1. The minimum absolute atomic E-state index is 0.0884. The highest BCUT2D eigenvalue weighted by atomic mass is 31.2. The summed E-state index contributed by atoms with van der Waals surface area (Å²) in [4.78, 5) is 59.2. The lowest BCUT2D eigenvalue weighted by atomic mass is 10.0. The SMILES string of the molecule is CC/C=C\C/C=C\C/C=C\C/C=C\C/C=C\C/C=C\CCCCCCCCCCCCCCCCCCC(=O)OCC(O)COP(=O)(O)OCC(O)COP(=O)(O)OCC(COC(=O)CCCCCCCCCCCCCCC/C=C\C/C=C\C/C=C\C/C=C\C/C=C\CC)OC(=O)CCCCCCCCCC/C=C\C/C=C\C/C=C\C/C=C\C/C=C\C/C=C\CC. The lowest BCUT2D eigenvalue weighted by Crippen LogP contribution is -2.30. The van der Waals surface area contributed by atoms with Crippen LogP contribution in [0.1, 0.15) is 406 Å². The van der Waals surface area contributed by atoms with E-state index in [-0.39, 0.29) is 19.3 Å². The van der Waals surface area contributed by atoms with Crippen LogP contribution in [0.2, 0.25) is 0 Å². The molecule has 0 saturated carbocycles. The second-order valence-corrected chi connectivity index (χ2v) is 36.0. The number of aliphatic hydroxyl groups excluding tert-OH is 2. The van der Waals surface area contributed by atoms with Crippen molar-refractivity contribution in [1.29, 1.82) is 0 Å². The van der Waals surface area contributed by atoms with Gasteiger partial charge in [0.2, 0.25) is 0 Å². The molecule has 0 heterocycles. The maximum Gasteiger partial charge on any atom is 0.472 e. The van der Waals surface area contributed by atoms with Crippen LogP contribution in [0.4, 0.5) is 0 Å². The van der Waals surface area contributed by atoms with E-state index < -0.39 is 91.5 Å². The molecule has 0 aliphatic heterocycles. The van der Waals surface area contributed by atoms with E-state index in [4.69, 9.17) is 32.3 Å².